The number of fused-ring (bicyclic) bond motifs is 1. The van der Waals surface area contributed by atoms with Crippen LogP contribution in [0.4, 0.5) is 29.5 Å². The van der Waals surface area contributed by atoms with Gasteiger partial charge in [-0.25, -0.2) is 14.8 Å². The zero-order chi connectivity index (χ0) is 26.9. The molecule has 2 aromatic carbocycles. The Bertz CT molecular complexity index is 1310. The third-order valence-electron chi connectivity index (χ3n) is 6.21. The smallest absolute Gasteiger partial charge is 0.416 e. The molecule has 4 rings (SSSR count). The highest BCUT2D eigenvalue weighted by atomic mass is 19.4. The fraction of sp³-hybridized carbons (Fsp3) is 0.400. The molecule has 2 heterocycles. The Morgan fingerprint density at radius 2 is 1.78 bits per heavy atom. The van der Waals surface area contributed by atoms with Gasteiger partial charge in [0, 0.05) is 43.3 Å². The van der Waals surface area contributed by atoms with E-state index in [9.17, 15) is 18.0 Å². The van der Waals surface area contributed by atoms with E-state index in [2.05, 4.69) is 20.2 Å². The van der Waals surface area contributed by atoms with Crippen molar-refractivity contribution >= 4 is 28.5 Å². The van der Waals surface area contributed by atoms with Gasteiger partial charge in [0.2, 0.25) is 0 Å². The van der Waals surface area contributed by atoms with Gasteiger partial charge in [-0.2, -0.15) is 13.2 Å². The van der Waals surface area contributed by atoms with Gasteiger partial charge in [-0.3, -0.25) is 0 Å². The Kier molecular flexibility index (Phi) is 7.30. The molecule has 1 aliphatic heterocycles. The number of aryl methyl sites for hydroxylation is 1. The second-order valence-electron chi connectivity index (χ2n) is 9.05. The highest BCUT2D eigenvalue weighted by Gasteiger charge is 2.31. The monoisotopic (exact) mass is 518 g/mol. The van der Waals surface area contributed by atoms with Crippen molar-refractivity contribution in [2.75, 3.05) is 51.4 Å². The van der Waals surface area contributed by atoms with Crippen LogP contribution in [0.5, 0.6) is 11.5 Å². The number of nitrogen functional groups attached to an aromatic ring is 1. The summed E-state index contributed by atoms with van der Waals surface area (Å²) in [6, 6.07) is 6.08. The van der Waals surface area contributed by atoms with Crippen molar-refractivity contribution in [2.45, 2.75) is 26.1 Å². The number of amides is 1. The highest BCUT2D eigenvalue weighted by molar-refractivity contribution is 5.92. The van der Waals surface area contributed by atoms with Gasteiger partial charge in [-0.1, -0.05) is 0 Å². The molecule has 3 N–H and O–H groups in total. The third kappa shape index (κ3) is 5.96. The number of carbonyl (C=O) groups excluding carboxylic acids is 1. The lowest BCUT2D eigenvalue weighted by Gasteiger charge is -2.31. The molecule has 0 aliphatic carbocycles. The predicted octanol–water partition coefficient (Wildman–Crippen LogP) is 4.47. The first-order valence-electron chi connectivity index (χ1n) is 11.7. The van der Waals surface area contributed by atoms with E-state index in [1.807, 2.05) is 7.05 Å². The Labute approximate surface area is 212 Å². The van der Waals surface area contributed by atoms with Crippen molar-refractivity contribution in [3.8, 4) is 11.5 Å². The Morgan fingerprint density at radius 1 is 1.08 bits per heavy atom. The van der Waals surface area contributed by atoms with Crippen LogP contribution in [-0.4, -0.2) is 66.2 Å². The van der Waals surface area contributed by atoms with Crippen LogP contribution in [-0.2, 0) is 6.18 Å². The number of piperazine rings is 1. The molecular formula is C25H29F3N6O3. The molecule has 9 nitrogen and oxygen atoms in total. The largest absolute Gasteiger partial charge is 0.493 e. The zero-order valence-electron chi connectivity index (χ0n) is 21.0. The number of nitrogens with one attached hydrogen (secondary N) is 1. The molecule has 1 aliphatic rings. The van der Waals surface area contributed by atoms with E-state index in [0.717, 1.165) is 25.2 Å². The van der Waals surface area contributed by atoms with Crippen molar-refractivity contribution in [2.24, 2.45) is 0 Å². The number of ether oxygens (including phenoxy) is 2. The van der Waals surface area contributed by atoms with E-state index in [-0.39, 0.29) is 11.4 Å². The number of alkyl halides is 3. The van der Waals surface area contributed by atoms with Gasteiger partial charge >= 0.3 is 12.3 Å². The molecule has 0 spiro atoms. The summed E-state index contributed by atoms with van der Waals surface area (Å²) in [4.78, 5) is 25.5. The third-order valence-corrected chi connectivity index (χ3v) is 6.21. The molecule has 0 radical (unpaired) electrons. The number of nitrogens with two attached hydrogens (primary N) is 1. The Hall–Kier alpha value is -3.80. The molecule has 37 heavy (non-hydrogen) atoms. The predicted molar refractivity (Wildman–Crippen MR) is 134 cm³/mol. The number of aromatic nitrogens is 2. The maximum Gasteiger partial charge on any atom is 0.416 e. The lowest BCUT2D eigenvalue weighted by Crippen LogP contribution is -2.48. The van der Waals surface area contributed by atoms with Crippen LogP contribution in [0.1, 0.15) is 29.9 Å². The van der Waals surface area contributed by atoms with Gasteiger partial charge in [-0.15, -0.1) is 0 Å². The van der Waals surface area contributed by atoms with E-state index < -0.39 is 23.9 Å². The van der Waals surface area contributed by atoms with Gasteiger partial charge in [0.1, 0.15) is 11.6 Å². The van der Waals surface area contributed by atoms with Gasteiger partial charge < -0.3 is 30.3 Å². The van der Waals surface area contributed by atoms with Crippen molar-refractivity contribution < 1.29 is 27.4 Å². The molecule has 3 aromatic rings. The number of hydrogen-bond donors (Lipinski definition) is 2. The van der Waals surface area contributed by atoms with Crippen molar-refractivity contribution in [1.82, 2.24) is 19.8 Å². The molecular weight excluding hydrogens is 489 g/mol. The van der Waals surface area contributed by atoms with Crippen LogP contribution < -0.4 is 20.5 Å². The number of anilines is 2. The fourth-order valence-corrected chi connectivity index (χ4v) is 4.13. The SMILES string of the molecule is COc1cc2nc(C)nc(N[C@H](C)c3cc(N)cc(C(F)(F)F)c3)c2cc1OC(=O)N1CCN(C)CC1. The Balaban J connectivity index is 1.67. The lowest BCUT2D eigenvalue weighted by atomic mass is 10.0. The second-order valence-corrected chi connectivity index (χ2v) is 9.05. The summed E-state index contributed by atoms with van der Waals surface area (Å²) in [5, 5.41) is 3.68. The average molecular weight is 519 g/mol. The maximum atomic E-state index is 13.3. The topological polar surface area (TPSA) is 106 Å². The summed E-state index contributed by atoms with van der Waals surface area (Å²) in [6.07, 6.45) is -5.03. The van der Waals surface area contributed by atoms with Crippen LogP contribution in [0, 0.1) is 6.92 Å². The van der Waals surface area contributed by atoms with Gasteiger partial charge in [0.25, 0.3) is 0 Å². The molecule has 1 aromatic heterocycles. The number of halogens is 3. The van der Waals surface area contributed by atoms with Crippen LogP contribution in [0.2, 0.25) is 0 Å². The van der Waals surface area contributed by atoms with Crippen molar-refractivity contribution in [1.29, 1.82) is 0 Å². The molecule has 1 atom stereocenters. The minimum absolute atomic E-state index is 0.00467. The second kappa shape index (κ2) is 10.3. The van der Waals surface area contributed by atoms with Crippen molar-refractivity contribution in [3.05, 3.63) is 47.3 Å². The molecule has 0 unspecified atom stereocenters. The summed E-state index contributed by atoms with van der Waals surface area (Å²) < 4.78 is 51.1. The first-order valence-corrected chi connectivity index (χ1v) is 11.7. The standard InChI is InChI=1S/C25H29F3N6O3/c1-14(16-9-17(25(26,27)28)11-18(29)10-16)30-23-19-12-22(21(36-4)13-20(19)31-15(2)32-23)37-24(35)34-7-5-33(3)6-8-34/h9-14H,5-8,29H2,1-4H3,(H,30,31,32)/t14-/m1/s1. The Morgan fingerprint density at radius 3 is 2.43 bits per heavy atom. The molecule has 0 bridgehead atoms. The van der Waals surface area contributed by atoms with Gasteiger partial charge in [-0.05, 0) is 50.7 Å². The molecule has 198 valence electrons. The van der Waals surface area contributed by atoms with E-state index >= 15 is 0 Å². The lowest BCUT2D eigenvalue weighted by molar-refractivity contribution is -0.137. The molecule has 0 saturated carbocycles. The number of rotatable bonds is 5. The zero-order valence-corrected chi connectivity index (χ0v) is 21.0. The minimum Gasteiger partial charge on any atom is -0.493 e. The van der Waals surface area contributed by atoms with Crippen LogP contribution in [0.15, 0.2) is 30.3 Å². The molecule has 1 amide bonds. The number of likely N-dealkylation sites (N-methyl/N-ethyl adjacent to an activating group) is 1. The summed E-state index contributed by atoms with van der Waals surface area (Å²) in [7, 11) is 3.45. The average Bonchev–Trinajstić information content (AvgIpc) is 2.83. The van der Waals surface area contributed by atoms with E-state index in [1.165, 1.54) is 13.2 Å². The van der Waals surface area contributed by atoms with Gasteiger partial charge in [0.05, 0.1) is 24.2 Å². The number of methoxy groups -OCH3 is 1. The maximum absolute atomic E-state index is 13.3. The molecule has 1 saturated heterocycles. The van der Waals surface area contributed by atoms with Crippen LogP contribution in [0.25, 0.3) is 10.9 Å². The number of carbonyl (C=O) groups is 1. The summed E-state index contributed by atoms with van der Waals surface area (Å²) in [5.74, 6) is 1.31. The molecule has 12 heteroatoms. The van der Waals surface area contributed by atoms with Crippen LogP contribution >= 0.6 is 0 Å². The van der Waals surface area contributed by atoms with Crippen LogP contribution in [0.3, 0.4) is 0 Å². The normalized spacial score (nSPS) is 15.5. The number of hydrogen-bond acceptors (Lipinski definition) is 8. The fourth-order valence-electron chi connectivity index (χ4n) is 4.13. The highest BCUT2D eigenvalue weighted by Crippen LogP contribution is 2.37. The van der Waals surface area contributed by atoms with E-state index in [4.69, 9.17) is 15.2 Å². The minimum atomic E-state index is -4.53. The van der Waals surface area contributed by atoms with E-state index in [0.29, 0.717) is 46.9 Å². The van der Waals surface area contributed by atoms with E-state index in [1.54, 1.807) is 30.9 Å². The number of nitrogens with zero attached hydrogens (tertiary/aromatic N) is 4. The first kappa shape index (κ1) is 26.3. The number of benzene rings is 2. The summed E-state index contributed by atoms with van der Waals surface area (Å²) in [6.45, 7) is 5.96. The summed E-state index contributed by atoms with van der Waals surface area (Å²) in [5.41, 5.74) is 5.78. The van der Waals surface area contributed by atoms with Crippen molar-refractivity contribution in [3.63, 3.8) is 0 Å². The first-order chi connectivity index (χ1) is 17.4. The molecule has 1 fully saturated rings. The summed E-state index contributed by atoms with van der Waals surface area (Å²) >= 11 is 0. The van der Waals surface area contributed by atoms with Gasteiger partial charge in [0.15, 0.2) is 11.5 Å². The quantitative estimate of drug-likeness (QED) is 0.477.